The minimum absolute atomic E-state index is 0.246. The normalized spacial score (nSPS) is 21.6. The summed E-state index contributed by atoms with van der Waals surface area (Å²) >= 11 is 4.46. The van der Waals surface area contributed by atoms with Crippen molar-refractivity contribution in [1.29, 1.82) is 0 Å². The number of aliphatic carboxylic acids is 1. The maximum absolute atomic E-state index is 11.7. The molecule has 0 bridgehead atoms. The molecular formula is C18H20BrN3O6S. The molecule has 2 N–H and O–H groups in total. The minimum atomic E-state index is -1.04. The number of hydrogen-bond acceptors (Lipinski definition) is 8. The zero-order valence-corrected chi connectivity index (χ0v) is 17.8. The number of nitrogens with zero attached hydrogens (tertiary/aromatic N) is 2. The number of carbonyl (C=O) groups is 2. The maximum Gasteiger partial charge on any atom is 0.305 e. The first kappa shape index (κ1) is 21.8. The van der Waals surface area contributed by atoms with Crippen molar-refractivity contribution in [2.45, 2.75) is 30.8 Å². The van der Waals surface area contributed by atoms with Crippen molar-refractivity contribution in [3.8, 4) is 5.75 Å². The summed E-state index contributed by atoms with van der Waals surface area (Å²) in [5.41, 5.74) is 0.700. The van der Waals surface area contributed by atoms with Gasteiger partial charge in [-0.15, -0.1) is 5.10 Å². The third kappa shape index (κ3) is 6.81. The molecule has 2 saturated heterocycles. The number of thioether (sulfide) groups is 1. The molecule has 1 unspecified atom stereocenters. The number of carboxylic acid groups (broad SMARTS) is 1. The molecule has 1 aromatic rings. The number of amides is 1. The average Bonchev–Trinajstić information content (AvgIpc) is 3.03. The van der Waals surface area contributed by atoms with E-state index in [1.54, 1.807) is 0 Å². The molecule has 0 spiro atoms. The molecule has 0 aromatic heterocycles. The van der Waals surface area contributed by atoms with E-state index >= 15 is 0 Å². The van der Waals surface area contributed by atoms with Gasteiger partial charge in [0.1, 0.15) is 11.0 Å². The second kappa shape index (κ2) is 10.7. The smallest absolute Gasteiger partial charge is 0.305 e. The van der Waals surface area contributed by atoms with Crippen LogP contribution in [0.2, 0.25) is 0 Å². The highest BCUT2D eigenvalue weighted by atomic mass is 79.9. The molecule has 1 aromatic carbocycles. The molecule has 2 fully saturated rings. The molecule has 11 heteroatoms. The number of ether oxygens (including phenoxy) is 3. The van der Waals surface area contributed by atoms with Crippen molar-refractivity contribution in [1.82, 2.24) is 5.32 Å². The minimum Gasteiger partial charge on any atom is -0.493 e. The second-order valence-corrected chi connectivity index (χ2v) is 8.29. The highest BCUT2D eigenvalue weighted by Crippen LogP contribution is 2.24. The second-order valence-electron chi connectivity index (χ2n) is 6.19. The summed E-state index contributed by atoms with van der Waals surface area (Å²) in [6, 6.07) is 5.51. The summed E-state index contributed by atoms with van der Waals surface area (Å²) in [6.45, 7) is 1.82. The van der Waals surface area contributed by atoms with Crippen LogP contribution in [0.4, 0.5) is 0 Å². The Hall–Kier alpha value is -1.95. The van der Waals surface area contributed by atoms with Crippen molar-refractivity contribution in [3.63, 3.8) is 0 Å². The Morgan fingerprint density at radius 3 is 2.97 bits per heavy atom. The number of benzene rings is 1. The van der Waals surface area contributed by atoms with Gasteiger partial charge in [0.25, 0.3) is 0 Å². The van der Waals surface area contributed by atoms with Gasteiger partial charge >= 0.3 is 5.97 Å². The summed E-state index contributed by atoms with van der Waals surface area (Å²) < 4.78 is 17.7. The van der Waals surface area contributed by atoms with Crippen LogP contribution < -0.4 is 10.1 Å². The lowest BCUT2D eigenvalue weighted by Crippen LogP contribution is -2.26. The molecule has 2 aliphatic rings. The van der Waals surface area contributed by atoms with Gasteiger partial charge in [-0.3, -0.25) is 9.59 Å². The molecule has 2 aliphatic heterocycles. The van der Waals surface area contributed by atoms with Crippen molar-refractivity contribution < 1.29 is 28.9 Å². The van der Waals surface area contributed by atoms with Crippen molar-refractivity contribution in [2.24, 2.45) is 10.2 Å². The van der Waals surface area contributed by atoms with Crippen LogP contribution in [0.5, 0.6) is 5.75 Å². The fraction of sp³-hybridized carbons (Fsp3) is 0.444. The molecule has 0 aliphatic carbocycles. The summed E-state index contributed by atoms with van der Waals surface area (Å²) in [5, 5.41) is 18.9. The van der Waals surface area contributed by atoms with Crippen LogP contribution in [0.15, 0.2) is 32.9 Å². The molecule has 9 nitrogen and oxygen atoms in total. The Bertz CT molecular complexity index is 813. The summed E-state index contributed by atoms with van der Waals surface area (Å²) in [4.78, 5) is 22.5. The molecule has 156 valence electrons. The van der Waals surface area contributed by atoms with E-state index in [2.05, 4.69) is 31.4 Å². The predicted octanol–water partition coefficient (Wildman–Crippen LogP) is 2.38. The van der Waals surface area contributed by atoms with E-state index in [9.17, 15) is 9.59 Å². The molecule has 29 heavy (non-hydrogen) atoms. The SMILES string of the molecule is O=C(O)CC1SC(=NN=Cc2cc(Br)ccc2OCCC2OCCCO2)NC1=O. The third-order valence-corrected chi connectivity index (χ3v) is 5.53. The Morgan fingerprint density at radius 2 is 2.21 bits per heavy atom. The first-order chi connectivity index (χ1) is 14.0. The topological polar surface area (TPSA) is 119 Å². The van der Waals surface area contributed by atoms with Gasteiger partial charge in [0.05, 0.1) is 32.5 Å². The standard InChI is InChI=1S/C18H20BrN3O6S/c19-12-2-3-13(26-7-4-16-27-5-1-6-28-16)11(8-12)10-20-22-18-21-17(25)14(29-18)9-15(23)24/h2-3,8,10,14,16H,1,4-7,9H2,(H,23,24)(H,21,22,25). The molecule has 0 saturated carbocycles. The number of amidine groups is 1. The van der Waals surface area contributed by atoms with E-state index in [1.807, 2.05) is 18.2 Å². The summed E-state index contributed by atoms with van der Waals surface area (Å²) in [5.74, 6) is -0.799. The van der Waals surface area contributed by atoms with Crippen molar-refractivity contribution in [2.75, 3.05) is 19.8 Å². The Labute approximate surface area is 180 Å². The molecular weight excluding hydrogens is 466 g/mol. The van der Waals surface area contributed by atoms with Gasteiger partial charge in [-0.2, -0.15) is 5.10 Å². The van der Waals surface area contributed by atoms with Crippen LogP contribution in [0.1, 0.15) is 24.8 Å². The lowest BCUT2D eigenvalue weighted by atomic mass is 10.2. The lowest BCUT2D eigenvalue weighted by Gasteiger charge is -2.23. The molecule has 2 heterocycles. The van der Waals surface area contributed by atoms with Gasteiger partial charge in [0.2, 0.25) is 5.91 Å². The van der Waals surface area contributed by atoms with E-state index in [-0.39, 0.29) is 23.8 Å². The molecule has 0 radical (unpaired) electrons. The van der Waals surface area contributed by atoms with E-state index < -0.39 is 11.2 Å². The Balaban J connectivity index is 1.58. The van der Waals surface area contributed by atoms with Crippen molar-refractivity contribution in [3.05, 3.63) is 28.2 Å². The number of carboxylic acids is 1. The fourth-order valence-corrected chi connectivity index (χ4v) is 3.90. The largest absolute Gasteiger partial charge is 0.493 e. The molecule has 1 atom stereocenters. The monoisotopic (exact) mass is 485 g/mol. The highest BCUT2D eigenvalue weighted by molar-refractivity contribution is 9.10. The van der Waals surface area contributed by atoms with Crippen LogP contribution in [0, 0.1) is 0 Å². The lowest BCUT2D eigenvalue weighted by molar-refractivity contribution is -0.183. The average molecular weight is 486 g/mol. The third-order valence-electron chi connectivity index (χ3n) is 3.96. The van der Waals surface area contributed by atoms with Crippen LogP contribution in [0.25, 0.3) is 0 Å². The zero-order valence-electron chi connectivity index (χ0n) is 15.4. The van der Waals surface area contributed by atoms with Gasteiger partial charge in [0, 0.05) is 16.5 Å². The van der Waals surface area contributed by atoms with Crippen LogP contribution in [0.3, 0.4) is 0 Å². The van der Waals surface area contributed by atoms with Gasteiger partial charge in [-0.1, -0.05) is 27.7 Å². The summed E-state index contributed by atoms with van der Waals surface area (Å²) in [7, 11) is 0. The van der Waals surface area contributed by atoms with Gasteiger partial charge < -0.3 is 24.6 Å². The van der Waals surface area contributed by atoms with E-state index in [1.165, 1.54) is 6.21 Å². The van der Waals surface area contributed by atoms with E-state index in [0.717, 1.165) is 22.7 Å². The fourth-order valence-electron chi connectivity index (χ4n) is 2.61. The maximum atomic E-state index is 11.7. The van der Waals surface area contributed by atoms with Gasteiger partial charge in [-0.05, 0) is 24.6 Å². The van der Waals surface area contributed by atoms with Crippen LogP contribution >= 0.6 is 27.7 Å². The van der Waals surface area contributed by atoms with Crippen molar-refractivity contribution >= 4 is 51.0 Å². The number of carbonyl (C=O) groups excluding carboxylic acids is 1. The zero-order chi connectivity index (χ0) is 20.6. The van der Waals surface area contributed by atoms with Gasteiger partial charge in [-0.25, -0.2) is 0 Å². The Morgan fingerprint density at radius 1 is 1.41 bits per heavy atom. The van der Waals surface area contributed by atoms with E-state index in [0.29, 0.717) is 37.6 Å². The predicted molar refractivity (Wildman–Crippen MR) is 111 cm³/mol. The van der Waals surface area contributed by atoms with Gasteiger partial charge in [0.15, 0.2) is 11.5 Å². The molecule has 1 amide bonds. The first-order valence-electron chi connectivity index (χ1n) is 8.97. The number of rotatable bonds is 8. The van der Waals surface area contributed by atoms with E-state index in [4.69, 9.17) is 19.3 Å². The molecule has 3 rings (SSSR count). The number of halogens is 1. The van der Waals surface area contributed by atoms with Crippen LogP contribution in [-0.4, -0.2) is 59.7 Å². The highest BCUT2D eigenvalue weighted by Gasteiger charge is 2.32. The first-order valence-corrected chi connectivity index (χ1v) is 10.6. The Kier molecular flexibility index (Phi) is 8.04. The number of nitrogens with one attached hydrogen (secondary N) is 1. The summed E-state index contributed by atoms with van der Waals surface area (Å²) in [6.07, 6.45) is 2.52. The quantitative estimate of drug-likeness (QED) is 0.428. The van der Waals surface area contributed by atoms with Crippen LogP contribution in [-0.2, 0) is 19.1 Å². The number of hydrogen-bond donors (Lipinski definition) is 2.